The predicted octanol–water partition coefficient (Wildman–Crippen LogP) is 2.37. The first kappa shape index (κ1) is 16.8. The van der Waals surface area contributed by atoms with Crippen molar-refractivity contribution < 1.29 is 9.21 Å². The molecule has 3 heterocycles. The molecule has 1 N–H and O–H groups in total. The number of imidazole rings is 1. The molecule has 2 aromatic rings. The van der Waals surface area contributed by atoms with Gasteiger partial charge in [0.05, 0.1) is 12.9 Å². The Morgan fingerprint density at radius 3 is 3.12 bits per heavy atom. The molecule has 0 aromatic carbocycles. The number of carbonyl (C=O) groups is 1. The van der Waals surface area contributed by atoms with E-state index in [9.17, 15) is 4.79 Å². The van der Waals surface area contributed by atoms with E-state index in [2.05, 4.69) is 22.1 Å². The van der Waals surface area contributed by atoms with Crippen LogP contribution >= 0.6 is 0 Å². The molecule has 1 aliphatic heterocycles. The van der Waals surface area contributed by atoms with E-state index in [-0.39, 0.29) is 11.9 Å². The number of aromatic nitrogens is 2. The smallest absolute Gasteiger partial charge is 0.287 e. The maximum atomic E-state index is 12.3. The van der Waals surface area contributed by atoms with Crippen LogP contribution in [0.5, 0.6) is 0 Å². The first-order valence-electron chi connectivity index (χ1n) is 8.68. The summed E-state index contributed by atoms with van der Waals surface area (Å²) in [5, 5.41) is 3.04. The number of piperidine rings is 1. The summed E-state index contributed by atoms with van der Waals surface area (Å²) in [6.07, 6.45) is 7.87. The first-order chi connectivity index (χ1) is 11.6. The maximum Gasteiger partial charge on any atom is 0.287 e. The standard InChI is InChI=1S/C18H26N4O2/c1-14-4-3-8-21(10-14)11-15(2)20-18(23)17-6-5-16(24-17)12-22-9-7-19-13-22/h5-7,9,13-15H,3-4,8,10-12H2,1-2H3,(H,20,23)/t14-,15+/m1/s1. The Labute approximate surface area is 142 Å². The van der Waals surface area contributed by atoms with E-state index in [0.717, 1.165) is 31.3 Å². The van der Waals surface area contributed by atoms with Crippen LogP contribution in [-0.4, -0.2) is 46.0 Å². The van der Waals surface area contributed by atoms with Gasteiger partial charge in [0.1, 0.15) is 5.76 Å². The topological polar surface area (TPSA) is 63.3 Å². The van der Waals surface area contributed by atoms with Gasteiger partial charge in [-0.05, 0) is 44.4 Å². The Morgan fingerprint density at radius 1 is 1.50 bits per heavy atom. The second kappa shape index (κ2) is 7.66. The maximum absolute atomic E-state index is 12.3. The highest BCUT2D eigenvalue weighted by Gasteiger charge is 2.20. The number of likely N-dealkylation sites (tertiary alicyclic amines) is 1. The quantitative estimate of drug-likeness (QED) is 0.883. The summed E-state index contributed by atoms with van der Waals surface area (Å²) in [6, 6.07) is 3.67. The normalized spacial score (nSPS) is 20.0. The van der Waals surface area contributed by atoms with Gasteiger partial charge in [0, 0.05) is 31.5 Å². The van der Waals surface area contributed by atoms with Crippen molar-refractivity contribution in [1.29, 1.82) is 0 Å². The van der Waals surface area contributed by atoms with Crippen molar-refractivity contribution in [3.63, 3.8) is 0 Å². The van der Waals surface area contributed by atoms with E-state index in [1.807, 2.05) is 23.8 Å². The lowest BCUT2D eigenvalue weighted by Gasteiger charge is -2.32. The number of hydrogen-bond acceptors (Lipinski definition) is 4. The highest BCUT2D eigenvalue weighted by Crippen LogP contribution is 2.15. The average molecular weight is 330 g/mol. The van der Waals surface area contributed by atoms with Crippen LogP contribution in [0.15, 0.2) is 35.3 Å². The summed E-state index contributed by atoms with van der Waals surface area (Å²) in [7, 11) is 0. The first-order valence-corrected chi connectivity index (χ1v) is 8.68. The van der Waals surface area contributed by atoms with Crippen molar-refractivity contribution in [2.45, 2.75) is 39.3 Å². The molecule has 0 saturated carbocycles. The molecule has 0 unspecified atom stereocenters. The number of furan rings is 1. The van der Waals surface area contributed by atoms with Crippen molar-refractivity contribution >= 4 is 5.91 Å². The van der Waals surface area contributed by atoms with Crippen LogP contribution in [-0.2, 0) is 6.54 Å². The fourth-order valence-corrected chi connectivity index (χ4v) is 3.33. The van der Waals surface area contributed by atoms with Crippen molar-refractivity contribution in [2.75, 3.05) is 19.6 Å². The summed E-state index contributed by atoms with van der Waals surface area (Å²) >= 11 is 0. The molecule has 1 amide bonds. The molecule has 3 rings (SSSR count). The zero-order valence-electron chi connectivity index (χ0n) is 14.4. The van der Waals surface area contributed by atoms with Crippen molar-refractivity contribution in [2.24, 2.45) is 5.92 Å². The van der Waals surface area contributed by atoms with Gasteiger partial charge in [-0.2, -0.15) is 0 Å². The Bertz CT molecular complexity index is 650. The largest absolute Gasteiger partial charge is 0.454 e. The van der Waals surface area contributed by atoms with Gasteiger partial charge in [-0.25, -0.2) is 4.98 Å². The summed E-state index contributed by atoms with van der Waals surface area (Å²) in [6.45, 7) is 8.05. The minimum absolute atomic E-state index is 0.102. The fraction of sp³-hybridized carbons (Fsp3) is 0.556. The molecule has 130 valence electrons. The van der Waals surface area contributed by atoms with Crippen molar-refractivity contribution in [3.05, 3.63) is 42.4 Å². The number of hydrogen-bond donors (Lipinski definition) is 1. The number of rotatable bonds is 6. The lowest BCUT2D eigenvalue weighted by Crippen LogP contribution is -2.45. The van der Waals surface area contributed by atoms with Gasteiger partial charge in [0.25, 0.3) is 5.91 Å². The van der Waals surface area contributed by atoms with E-state index in [1.165, 1.54) is 12.8 Å². The molecule has 0 spiro atoms. The van der Waals surface area contributed by atoms with E-state index in [4.69, 9.17) is 4.42 Å². The van der Waals surface area contributed by atoms with Crippen molar-refractivity contribution in [3.8, 4) is 0 Å². The van der Waals surface area contributed by atoms with Gasteiger partial charge in [-0.15, -0.1) is 0 Å². The molecule has 6 nitrogen and oxygen atoms in total. The third kappa shape index (κ3) is 4.47. The van der Waals surface area contributed by atoms with Crippen LogP contribution in [0.2, 0.25) is 0 Å². The average Bonchev–Trinajstić information content (AvgIpc) is 3.19. The molecular weight excluding hydrogens is 304 g/mol. The van der Waals surface area contributed by atoms with Crippen molar-refractivity contribution in [1.82, 2.24) is 19.8 Å². The Balaban J connectivity index is 1.50. The van der Waals surface area contributed by atoms with Gasteiger partial charge in [0.2, 0.25) is 0 Å². The molecule has 0 radical (unpaired) electrons. The second-order valence-electron chi connectivity index (χ2n) is 6.88. The number of amides is 1. The number of nitrogens with zero attached hydrogens (tertiary/aromatic N) is 3. The summed E-state index contributed by atoms with van der Waals surface area (Å²) in [4.78, 5) is 18.8. The third-order valence-corrected chi connectivity index (χ3v) is 4.43. The molecule has 6 heteroatoms. The molecule has 1 aliphatic rings. The Morgan fingerprint density at radius 2 is 2.38 bits per heavy atom. The van der Waals surface area contributed by atoms with Crippen LogP contribution in [0, 0.1) is 5.92 Å². The molecule has 2 aromatic heterocycles. The van der Waals surface area contributed by atoms with Crippen LogP contribution in [0.4, 0.5) is 0 Å². The molecule has 0 bridgehead atoms. The molecule has 0 aliphatic carbocycles. The molecule has 1 saturated heterocycles. The van der Waals surface area contributed by atoms with E-state index < -0.39 is 0 Å². The zero-order valence-corrected chi connectivity index (χ0v) is 14.4. The summed E-state index contributed by atoms with van der Waals surface area (Å²) in [5.74, 6) is 1.71. The van der Waals surface area contributed by atoms with E-state index in [1.54, 1.807) is 18.6 Å². The van der Waals surface area contributed by atoms with Crippen LogP contribution in [0.3, 0.4) is 0 Å². The third-order valence-electron chi connectivity index (χ3n) is 4.43. The molecular formula is C18H26N4O2. The van der Waals surface area contributed by atoms with E-state index >= 15 is 0 Å². The minimum Gasteiger partial charge on any atom is -0.454 e. The predicted molar refractivity (Wildman–Crippen MR) is 91.8 cm³/mol. The number of nitrogens with one attached hydrogen (secondary N) is 1. The lowest BCUT2D eigenvalue weighted by atomic mass is 10.00. The fourth-order valence-electron chi connectivity index (χ4n) is 3.33. The van der Waals surface area contributed by atoms with Gasteiger partial charge in [0.15, 0.2) is 5.76 Å². The highest BCUT2D eigenvalue weighted by molar-refractivity contribution is 5.91. The number of carbonyl (C=O) groups excluding carboxylic acids is 1. The molecule has 2 atom stereocenters. The van der Waals surface area contributed by atoms with Crippen LogP contribution in [0.25, 0.3) is 0 Å². The Kier molecular flexibility index (Phi) is 5.35. The molecule has 24 heavy (non-hydrogen) atoms. The monoisotopic (exact) mass is 330 g/mol. The van der Waals surface area contributed by atoms with Crippen LogP contribution < -0.4 is 5.32 Å². The lowest BCUT2D eigenvalue weighted by molar-refractivity contribution is 0.0890. The van der Waals surface area contributed by atoms with E-state index in [0.29, 0.717) is 12.3 Å². The minimum atomic E-state index is -0.149. The molecule has 1 fully saturated rings. The van der Waals surface area contributed by atoms with Gasteiger partial charge < -0.3 is 19.2 Å². The van der Waals surface area contributed by atoms with Gasteiger partial charge in [-0.3, -0.25) is 4.79 Å². The summed E-state index contributed by atoms with van der Waals surface area (Å²) in [5.41, 5.74) is 0. The van der Waals surface area contributed by atoms with Crippen LogP contribution in [0.1, 0.15) is 43.0 Å². The van der Waals surface area contributed by atoms with Gasteiger partial charge >= 0.3 is 0 Å². The highest BCUT2D eigenvalue weighted by atomic mass is 16.4. The van der Waals surface area contributed by atoms with Gasteiger partial charge in [-0.1, -0.05) is 6.92 Å². The summed E-state index contributed by atoms with van der Waals surface area (Å²) < 4.78 is 7.56. The SMILES string of the molecule is C[C@@H]1CCCN(C[C@H](C)NC(=O)c2ccc(Cn3ccnc3)o2)C1. The zero-order chi connectivity index (χ0) is 16.9. The Hall–Kier alpha value is -2.08. The second-order valence-corrected chi connectivity index (χ2v) is 6.88.